The standard InChI is InChI=1S/C21H19Cl2N3O2/c1-3-26-11-17-19(21(26)27)20(14-9-13(22)5-6-16(14)25-17)24-10-12-4-7-18(28-2)15(23)8-12/h4-9H,3,10-11H2,1-2H3,(H,24,25). The maximum Gasteiger partial charge on any atom is 0.258 e. The van der Waals surface area contributed by atoms with Crippen molar-refractivity contribution in [1.29, 1.82) is 0 Å². The molecule has 0 saturated carbocycles. The highest BCUT2D eigenvalue weighted by Crippen LogP contribution is 2.36. The molecule has 4 rings (SSSR count). The number of ether oxygens (including phenoxy) is 1. The van der Waals surface area contributed by atoms with Crippen LogP contribution in [0.4, 0.5) is 5.69 Å². The van der Waals surface area contributed by atoms with Gasteiger partial charge in [-0.1, -0.05) is 29.3 Å². The summed E-state index contributed by atoms with van der Waals surface area (Å²) in [5, 5.41) is 5.40. The lowest BCUT2D eigenvalue weighted by atomic mass is 10.1. The van der Waals surface area contributed by atoms with Gasteiger partial charge in [0.25, 0.3) is 5.91 Å². The highest BCUT2D eigenvalue weighted by Gasteiger charge is 2.31. The van der Waals surface area contributed by atoms with E-state index in [0.717, 1.165) is 27.8 Å². The van der Waals surface area contributed by atoms with Crippen LogP contribution in [0.15, 0.2) is 36.4 Å². The van der Waals surface area contributed by atoms with Gasteiger partial charge in [-0.3, -0.25) is 4.79 Å². The number of anilines is 1. The molecule has 1 aromatic heterocycles. The number of carbonyl (C=O) groups excluding carboxylic acids is 1. The van der Waals surface area contributed by atoms with Crippen molar-refractivity contribution in [3.8, 4) is 5.75 Å². The average Bonchev–Trinajstić information content (AvgIpc) is 3.01. The molecule has 1 amide bonds. The monoisotopic (exact) mass is 415 g/mol. The van der Waals surface area contributed by atoms with Gasteiger partial charge in [0, 0.05) is 23.5 Å². The summed E-state index contributed by atoms with van der Waals surface area (Å²) in [6.07, 6.45) is 0. The molecule has 0 radical (unpaired) electrons. The van der Waals surface area contributed by atoms with Crippen LogP contribution >= 0.6 is 23.2 Å². The topological polar surface area (TPSA) is 54.5 Å². The molecule has 28 heavy (non-hydrogen) atoms. The molecular weight excluding hydrogens is 397 g/mol. The Kier molecular flexibility index (Phi) is 5.04. The molecule has 3 aromatic rings. The Labute approximate surface area is 173 Å². The van der Waals surface area contributed by atoms with Gasteiger partial charge in [0.2, 0.25) is 0 Å². The van der Waals surface area contributed by atoms with E-state index in [4.69, 9.17) is 32.9 Å². The van der Waals surface area contributed by atoms with Crippen LogP contribution in [0.3, 0.4) is 0 Å². The number of hydrogen-bond donors (Lipinski definition) is 1. The summed E-state index contributed by atoms with van der Waals surface area (Å²) < 4.78 is 5.21. The number of amides is 1. The van der Waals surface area contributed by atoms with E-state index in [2.05, 4.69) is 5.32 Å². The molecule has 0 fully saturated rings. The fourth-order valence-electron chi connectivity index (χ4n) is 3.49. The van der Waals surface area contributed by atoms with Crippen LogP contribution in [0.2, 0.25) is 10.0 Å². The molecule has 1 aliphatic heterocycles. The molecule has 1 N–H and O–H groups in total. The Morgan fingerprint density at radius 2 is 2.04 bits per heavy atom. The van der Waals surface area contributed by atoms with E-state index in [9.17, 15) is 4.79 Å². The molecule has 7 heteroatoms. The maximum atomic E-state index is 12.9. The summed E-state index contributed by atoms with van der Waals surface area (Å²) >= 11 is 12.5. The summed E-state index contributed by atoms with van der Waals surface area (Å²) in [6, 6.07) is 11.2. The SMILES string of the molecule is CCN1Cc2nc3ccc(Cl)cc3c(NCc3ccc(OC)c(Cl)c3)c2C1=O. The number of methoxy groups -OCH3 is 1. The number of rotatable bonds is 5. The Morgan fingerprint density at radius 1 is 1.21 bits per heavy atom. The smallest absolute Gasteiger partial charge is 0.258 e. The third-order valence-electron chi connectivity index (χ3n) is 4.93. The summed E-state index contributed by atoms with van der Waals surface area (Å²) in [7, 11) is 1.58. The molecular formula is C21H19Cl2N3O2. The Balaban J connectivity index is 1.77. The lowest BCUT2D eigenvalue weighted by Crippen LogP contribution is -2.23. The number of fused-ring (bicyclic) bond motifs is 2. The Morgan fingerprint density at radius 3 is 2.75 bits per heavy atom. The van der Waals surface area contributed by atoms with E-state index in [1.807, 2.05) is 43.3 Å². The highest BCUT2D eigenvalue weighted by atomic mass is 35.5. The second-order valence-corrected chi connectivity index (χ2v) is 7.46. The van der Waals surface area contributed by atoms with Crippen LogP contribution < -0.4 is 10.1 Å². The molecule has 0 unspecified atom stereocenters. The molecule has 1 aliphatic rings. The Bertz CT molecular complexity index is 1080. The van der Waals surface area contributed by atoms with Crippen molar-refractivity contribution >= 4 is 45.7 Å². The van der Waals surface area contributed by atoms with Crippen molar-refractivity contribution < 1.29 is 9.53 Å². The van der Waals surface area contributed by atoms with Crippen molar-refractivity contribution in [2.75, 3.05) is 19.0 Å². The first-order valence-corrected chi connectivity index (χ1v) is 9.75. The van der Waals surface area contributed by atoms with Gasteiger partial charge in [0.05, 0.1) is 41.1 Å². The first kappa shape index (κ1) is 18.8. The summed E-state index contributed by atoms with van der Waals surface area (Å²) in [5.74, 6) is 0.614. The van der Waals surface area contributed by atoms with Crippen LogP contribution in [-0.4, -0.2) is 29.4 Å². The molecule has 2 heterocycles. The minimum atomic E-state index is -0.0119. The van der Waals surface area contributed by atoms with E-state index in [-0.39, 0.29) is 5.91 Å². The van der Waals surface area contributed by atoms with E-state index in [1.54, 1.807) is 12.0 Å². The zero-order chi connectivity index (χ0) is 19.8. The third-order valence-corrected chi connectivity index (χ3v) is 5.46. The van der Waals surface area contributed by atoms with Crippen LogP contribution in [0, 0.1) is 0 Å². The first-order valence-electron chi connectivity index (χ1n) is 8.99. The van der Waals surface area contributed by atoms with Crippen molar-refractivity contribution in [2.45, 2.75) is 20.0 Å². The van der Waals surface area contributed by atoms with Gasteiger partial charge in [-0.2, -0.15) is 0 Å². The Hall–Kier alpha value is -2.50. The second-order valence-electron chi connectivity index (χ2n) is 6.61. The first-order chi connectivity index (χ1) is 13.5. The normalized spacial score (nSPS) is 13.1. The van der Waals surface area contributed by atoms with Crippen molar-refractivity contribution in [1.82, 2.24) is 9.88 Å². The lowest BCUT2D eigenvalue weighted by molar-refractivity contribution is 0.0787. The number of carbonyl (C=O) groups is 1. The fourth-order valence-corrected chi connectivity index (χ4v) is 3.94. The van der Waals surface area contributed by atoms with Crippen LogP contribution in [0.5, 0.6) is 5.75 Å². The quantitative estimate of drug-likeness (QED) is 0.626. The molecule has 5 nitrogen and oxygen atoms in total. The lowest BCUT2D eigenvalue weighted by Gasteiger charge is -2.15. The molecule has 0 atom stereocenters. The second kappa shape index (κ2) is 7.49. The van der Waals surface area contributed by atoms with Gasteiger partial charge < -0.3 is 15.0 Å². The summed E-state index contributed by atoms with van der Waals surface area (Å²) in [6.45, 7) is 3.63. The summed E-state index contributed by atoms with van der Waals surface area (Å²) in [4.78, 5) is 19.4. The number of halogens is 2. The number of hydrogen-bond acceptors (Lipinski definition) is 4. The molecule has 0 aliphatic carbocycles. The minimum Gasteiger partial charge on any atom is -0.495 e. The predicted molar refractivity (Wildman–Crippen MR) is 112 cm³/mol. The van der Waals surface area contributed by atoms with Crippen LogP contribution in [-0.2, 0) is 13.1 Å². The largest absolute Gasteiger partial charge is 0.495 e. The van der Waals surface area contributed by atoms with E-state index in [0.29, 0.717) is 41.0 Å². The van der Waals surface area contributed by atoms with Crippen molar-refractivity contribution in [3.63, 3.8) is 0 Å². The molecule has 2 aromatic carbocycles. The molecule has 0 bridgehead atoms. The van der Waals surface area contributed by atoms with Gasteiger partial charge in [-0.25, -0.2) is 4.98 Å². The predicted octanol–water partition coefficient (Wildman–Crippen LogP) is 5.14. The molecule has 0 saturated heterocycles. The molecule has 144 valence electrons. The average molecular weight is 416 g/mol. The van der Waals surface area contributed by atoms with E-state index in [1.165, 1.54) is 0 Å². The highest BCUT2D eigenvalue weighted by molar-refractivity contribution is 6.32. The maximum absolute atomic E-state index is 12.9. The van der Waals surface area contributed by atoms with Gasteiger partial charge in [0.15, 0.2) is 0 Å². The van der Waals surface area contributed by atoms with Gasteiger partial charge in [-0.15, -0.1) is 0 Å². The van der Waals surface area contributed by atoms with Crippen LogP contribution in [0.1, 0.15) is 28.5 Å². The number of nitrogens with one attached hydrogen (secondary N) is 1. The minimum absolute atomic E-state index is 0.0119. The van der Waals surface area contributed by atoms with Gasteiger partial charge in [0.1, 0.15) is 5.75 Å². The van der Waals surface area contributed by atoms with Gasteiger partial charge >= 0.3 is 0 Å². The number of benzene rings is 2. The van der Waals surface area contributed by atoms with Crippen molar-refractivity contribution in [3.05, 3.63) is 63.3 Å². The van der Waals surface area contributed by atoms with Gasteiger partial charge in [-0.05, 0) is 42.8 Å². The number of nitrogens with zero attached hydrogens (tertiary/aromatic N) is 2. The zero-order valence-corrected chi connectivity index (χ0v) is 17.1. The number of pyridine rings is 1. The van der Waals surface area contributed by atoms with E-state index >= 15 is 0 Å². The van der Waals surface area contributed by atoms with E-state index < -0.39 is 0 Å². The summed E-state index contributed by atoms with van der Waals surface area (Å²) in [5.41, 5.74) is 3.96. The number of aromatic nitrogens is 1. The third kappa shape index (κ3) is 3.25. The van der Waals surface area contributed by atoms with Crippen LogP contribution in [0.25, 0.3) is 10.9 Å². The van der Waals surface area contributed by atoms with Crippen molar-refractivity contribution in [2.24, 2.45) is 0 Å². The fraction of sp³-hybridized carbons (Fsp3) is 0.238. The molecule has 0 spiro atoms. The zero-order valence-electron chi connectivity index (χ0n) is 15.6.